The van der Waals surface area contributed by atoms with E-state index in [-0.39, 0.29) is 25.6 Å². The van der Waals surface area contributed by atoms with Gasteiger partial charge in [0.2, 0.25) is 5.89 Å². The van der Waals surface area contributed by atoms with E-state index in [2.05, 4.69) is 4.98 Å². The minimum absolute atomic E-state index is 0.0242. The predicted molar refractivity (Wildman–Crippen MR) is 158 cm³/mol. The van der Waals surface area contributed by atoms with Gasteiger partial charge in [-0.1, -0.05) is 23.7 Å². The summed E-state index contributed by atoms with van der Waals surface area (Å²) >= 11 is 5.95. The number of hydrogen-bond donors (Lipinski definition) is 0. The Labute approximate surface area is 258 Å². The molecule has 9 nitrogen and oxygen atoms in total. The summed E-state index contributed by atoms with van der Waals surface area (Å²) in [4.78, 5) is 16.7. The highest BCUT2D eigenvalue weighted by molar-refractivity contribution is 7.90. The van der Waals surface area contributed by atoms with E-state index in [1.54, 1.807) is 62.4 Å². The molecule has 0 aliphatic carbocycles. The predicted octanol–water partition coefficient (Wildman–Crippen LogP) is 6.65. The van der Waals surface area contributed by atoms with E-state index in [0.29, 0.717) is 39.0 Å². The number of benzene rings is 3. The van der Waals surface area contributed by atoms with Gasteiger partial charge >= 0.3 is 22.4 Å². The fourth-order valence-corrected chi connectivity index (χ4v) is 5.54. The van der Waals surface area contributed by atoms with Crippen LogP contribution in [0.1, 0.15) is 29.5 Å². The fraction of sp³-hybridized carbons (Fsp3) is 0.267. The van der Waals surface area contributed by atoms with Crippen LogP contribution >= 0.6 is 11.6 Å². The van der Waals surface area contributed by atoms with Gasteiger partial charge in [0.05, 0.1) is 17.9 Å². The van der Waals surface area contributed by atoms with Crippen molar-refractivity contribution < 1.29 is 40.3 Å². The molecule has 0 fully saturated rings. The minimum atomic E-state index is -4.45. The first-order chi connectivity index (χ1) is 20.8. The summed E-state index contributed by atoms with van der Waals surface area (Å²) in [5.41, 5.74) is 0.904. The van der Waals surface area contributed by atoms with E-state index in [1.165, 1.54) is 19.2 Å². The van der Waals surface area contributed by atoms with Gasteiger partial charge in [0.15, 0.2) is 0 Å². The summed E-state index contributed by atoms with van der Waals surface area (Å²) in [7, 11) is -2.82. The molecule has 0 radical (unpaired) electrons. The van der Waals surface area contributed by atoms with Crippen molar-refractivity contribution >= 4 is 33.5 Å². The van der Waals surface area contributed by atoms with Crippen LogP contribution in [0.3, 0.4) is 0 Å². The molecule has 0 aliphatic rings. The summed E-state index contributed by atoms with van der Waals surface area (Å²) in [6.07, 6.45) is -4.45. The van der Waals surface area contributed by atoms with E-state index in [4.69, 9.17) is 25.5 Å². The number of anilines is 1. The number of hydrogen-bond acceptors (Lipinski definition) is 7. The molecule has 4 rings (SSSR count). The summed E-state index contributed by atoms with van der Waals surface area (Å²) < 4.78 is 84.5. The Balaban J connectivity index is 1.50. The van der Waals surface area contributed by atoms with Crippen LogP contribution in [-0.4, -0.2) is 43.9 Å². The Morgan fingerprint density at radius 3 is 2.36 bits per heavy atom. The Morgan fingerprint density at radius 2 is 1.73 bits per heavy atom. The molecular weight excluding hydrogens is 623 g/mol. The van der Waals surface area contributed by atoms with Gasteiger partial charge in [-0.3, -0.25) is 9.10 Å². The zero-order chi connectivity index (χ0) is 32.1. The number of esters is 1. The lowest BCUT2D eigenvalue weighted by molar-refractivity contribution is -0.143. The molecule has 14 heteroatoms. The van der Waals surface area contributed by atoms with Crippen LogP contribution in [0.5, 0.6) is 5.75 Å². The standard InChI is InChI=1S/C30H29ClF3N3O6S/c1-4-41-28(38)18-37(44(39,40)36(3)25-14-12-24(31)13-15-25)17-21-6-5-7-26(16-21)42-19-27-20(2)43-29(35-27)22-8-10-23(11-9-22)30(32,33)34/h5-16H,4,17-19H2,1-3H3. The minimum Gasteiger partial charge on any atom is -0.487 e. The van der Waals surface area contributed by atoms with Crippen LogP contribution in [0.25, 0.3) is 11.5 Å². The maximum absolute atomic E-state index is 13.6. The number of alkyl halides is 3. The van der Waals surface area contributed by atoms with Gasteiger partial charge in [-0.05, 0) is 80.1 Å². The SMILES string of the molecule is CCOC(=O)CN(Cc1cccc(OCc2nc(-c3ccc(C(F)(F)F)cc3)oc2C)c1)S(=O)(=O)N(C)c1ccc(Cl)cc1. The quantitative estimate of drug-likeness (QED) is 0.158. The average Bonchev–Trinajstić information content (AvgIpc) is 3.36. The number of aryl methyl sites for hydroxylation is 1. The second-order valence-electron chi connectivity index (χ2n) is 9.56. The van der Waals surface area contributed by atoms with E-state index >= 15 is 0 Å². The van der Waals surface area contributed by atoms with Gasteiger partial charge < -0.3 is 13.9 Å². The Morgan fingerprint density at radius 1 is 1.05 bits per heavy atom. The van der Waals surface area contributed by atoms with Crippen LogP contribution < -0.4 is 9.04 Å². The number of oxazole rings is 1. The number of carbonyl (C=O) groups is 1. The molecule has 1 heterocycles. The monoisotopic (exact) mass is 651 g/mol. The van der Waals surface area contributed by atoms with Crippen molar-refractivity contribution in [3.63, 3.8) is 0 Å². The first-order valence-corrected chi connectivity index (χ1v) is 15.1. The van der Waals surface area contributed by atoms with Crippen LogP contribution in [0.4, 0.5) is 18.9 Å². The van der Waals surface area contributed by atoms with Gasteiger partial charge in [-0.25, -0.2) is 4.98 Å². The molecule has 44 heavy (non-hydrogen) atoms. The average molecular weight is 652 g/mol. The van der Waals surface area contributed by atoms with E-state index < -0.39 is 34.5 Å². The number of halogens is 4. The van der Waals surface area contributed by atoms with Crippen LogP contribution in [0.15, 0.2) is 77.2 Å². The van der Waals surface area contributed by atoms with Gasteiger partial charge in [0.25, 0.3) is 0 Å². The number of carbonyl (C=O) groups excluding carboxylic acids is 1. The largest absolute Gasteiger partial charge is 0.487 e. The fourth-order valence-electron chi connectivity index (χ4n) is 4.10. The second-order valence-corrected chi connectivity index (χ2v) is 12.0. The third-order valence-corrected chi connectivity index (χ3v) is 8.52. The Kier molecular flexibility index (Phi) is 10.2. The molecule has 0 atom stereocenters. The van der Waals surface area contributed by atoms with Gasteiger partial charge in [0.1, 0.15) is 30.4 Å². The number of rotatable bonds is 12. The smallest absolute Gasteiger partial charge is 0.416 e. The lowest BCUT2D eigenvalue weighted by Gasteiger charge is -2.28. The molecule has 0 saturated heterocycles. The van der Waals surface area contributed by atoms with Crippen molar-refractivity contribution in [1.29, 1.82) is 0 Å². The van der Waals surface area contributed by atoms with Crippen molar-refractivity contribution in [1.82, 2.24) is 9.29 Å². The number of aromatic nitrogens is 1. The first kappa shape index (κ1) is 32.8. The van der Waals surface area contributed by atoms with E-state index in [9.17, 15) is 26.4 Å². The molecule has 0 spiro atoms. The van der Waals surface area contributed by atoms with Crippen LogP contribution in [-0.2, 0) is 39.1 Å². The van der Waals surface area contributed by atoms with Crippen molar-refractivity contribution in [2.45, 2.75) is 33.2 Å². The van der Waals surface area contributed by atoms with Gasteiger partial charge in [0, 0.05) is 24.2 Å². The molecule has 0 aliphatic heterocycles. The summed E-state index contributed by atoms with van der Waals surface area (Å²) in [5, 5.41) is 0.441. The third kappa shape index (κ3) is 8.10. The second kappa shape index (κ2) is 13.7. The first-order valence-electron chi connectivity index (χ1n) is 13.3. The van der Waals surface area contributed by atoms with E-state index in [1.807, 2.05) is 0 Å². The highest BCUT2D eigenvalue weighted by Crippen LogP contribution is 2.31. The lowest BCUT2D eigenvalue weighted by atomic mass is 10.1. The normalized spacial score (nSPS) is 11.9. The molecule has 4 aromatic rings. The molecule has 0 bridgehead atoms. The van der Waals surface area contributed by atoms with Crippen LogP contribution in [0, 0.1) is 6.92 Å². The molecule has 0 N–H and O–H groups in total. The molecule has 234 valence electrons. The van der Waals surface area contributed by atoms with Crippen molar-refractivity contribution in [3.05, 3.63) is 100 Å². The number of ether oxygens (including phenoxy) is 2. The van der Waals surface area contributed by atoms with Gasteiger partial charge in [-0.2, -0.15) is 25.9 Å². The van der Waals surface area contributed by atoms with Crippen molar-refractivity contribution in [2.75, 3.05) is 24.5 Å². The highest BCUT2D eigenvalue weighted by Gasteiger charge is 2.31. The van der Waals surface area contributed by atoms with Gasteiger partial charge in [-0.15, -0.1) is 0 Å². The maximum atomic E-state index is 13.6. The van der Waals surface area contributed by atoms with Crippen molar-refractivity contribution in [3.8, 4) is 17.2 Å². The van der Waals surface area contributed by atoms with Crippen molar-refractivity contribution in [2.24, 2.45) is 0 Å². The Hall–Kier alpha value is -4.07. The number of nitrogens with zero attached hydrogens (tertiary/aromatic N) is 3. The molecule has 0 saturated carbocycles. The zero-order valence-electron chi connectivity index (χ0n) is 24.0. The highest BCUT2D eigenvalue weighted by atomic mass is 35.5. The third-order valence-electron chi connectivity index (χ3n) is 6.46. The lowest BCUT2D eigenvalue weighted by Crippen LogP contribution is -2.44. The summed E-state index contributed by atoms with van der Waals surface area (Å²) in [6.45, 7) is 2.65. The van der Waals surface area contributed by atoms with Crippen LogP contribution in [0.2, 0.25) is 5.02 Å². The molecular formula is C30H29ClF3N3O6S. The summed E-state index contributed by atoms with van der Waals surface area (Å²) in [5.74, 6) is 0.250. The summed E-state index contributed by atoms with van der Waals surface area (Å²) in [6, 6.07) is 17.3. The van der Waals surface area contributed by atoms with E-state index in [0.717, 1.165) is 20.7 Å². The Bertz CT molecular complexity index is 1690. The molecule has 0 unspecified atom stereocenters. The maximum Gasteiger partial charge on any atom is 0.416 e. The molecule has 1 aromatic heterocycles. The molecule has 0 amide bonds. The molecule has 3 aromatic carbocycles. The zero-order valence-corrected chi connectivity index (χ0v) is 25.5. The topological polar surface area (TPSA) is 102 Å².